The summed E-state index contributed by atoms with van der Waals surface area (Å²) in [7, 11) is 1.71. The normalized spacial score (nSPS) is 11.9. The third-order valence-corrected chi connectivity index (χ3v) is 3.75. The van der Waals surface area contributed by atoms with Crippen molar-refractivity contribution in [3.63, 3.8) is 0 Å². The monoisotopic (exact) mass is 286 g/mol. The van der Waals surface area contributed by atoms with Crippen molar-refractivity contribution in [3.8, 4) is 6.07 Å². The van der Waals surface area contributed by atoms with E-state index in [2.05, 4.69) is 22.0 Å². The van der Waals surface area contributed by atoms with Crippen molar-refractivity contribution in [1.82, 2.24) is 4.90 Å². The zero-order valence-electron chi connectivity index (χ0n) is 8.53. The van der Waals surface area contributed by atoms with E-state index in [4.69, 9.17) is 5.26 Å². The van der Waals surface area contributed by atoms with Crippen molar-refractivity contribution in [3.05, 3.63) is 20.8 Å². The first-order valence-corrected chi connectivity index (χ1v) is 6.11. The Bertz CT molecular complexity index is 396. The zero-order valence-corrected chi connectivity index (χ0v) is 10.9. The highest BCUT2D eigenvalue weighted by molar-refractivity contribution is 9.10. The van der Waals surface area contributed by atoms with E-state index in [-0.39, 0.29) is 11.8 Å². The Morgan fingerprint density at radius 2 is 2.47 bits per heavy atom. The van der Waals surface area contributed by atoms with Crippen LogP contribution in [0.5, 0.6) is 0 Å². The van der Waals surface area contributed by atoms with Crippen LogP contribution in [0.15, 0.2) is 15.9 Å². The third kappa shape index (κ3) is 3.05. The molecule has 1 aromatic rings. The van der Waals surface area contributed by atoms with Gasteiger partial charge in [-0.05, 0) is 34.3 Å². The van der Waals surface area contributed by atoms with Gasteiger partial charge in [0, 0.05) is 18.1 Å². The second kappa shape index (κ2) is 5.29. The van der Waals surface area contributed by atoms with Crippen LogP contribution in [0.4, 0.5) is 0 Å². The molecule has 0 saturated heterocycles. The van der Waals surface area contributed by atoms with Crippen LogP contribution in [-0.2, 0) is 0 Å². The molecular weight excluding hydrogens is 276 g/mol. The summed E-state index contributed by atoms with van der Waals surface area (Å²) in [6.07, 6.45) is 0. The van der Waals surface area contributed by atoms with Gasteiger partial charge in [0.05, 0.1) is 12.0 Å². The van der Waals surface area contributed by atoms with E-state index in [9.17, 15) is 4.79 Å². The summed E-state index contributed by atoms with van der Waals surface area (Å²) < 4.78 is 0.814. The van der Waals surface area contributed by atoms with Gasteiger partial charge in [0.25, 0.3) is 5.91 Å². The van der Waals surface area contributed by atoms with Gasteiger partial charge in [-0.15, -0.1) is 11.3 Å². The van der Waals surface area contributed by atoms with Gasteiger partial charge < -0.3 is 4.90 Å². The van der Waals surface area contributed by atoms with Gasteiger partial charge in [-0.2, -0.15) is 5.26 Å². The molecular formula is C10H11BrN2OS. The first-order chi connectivity index (χ1) is 7.06. The highest BCUT2D eigenvalue weighted by atomic mass is 79.9. The van der Waals surface area contributed by atoms with Gasteiger partial charge in [0.1, 0.15) is 4.88 Å². The minimum Gasteiger partial charge on any atom is -0.340 e. The number of hydrogen-bond donors (Lipinski definition) is 0. The van der Waals surface area contributed by atoms with Crippen LogP contribution in [0.2, 0.25) is 0 Å². The average molecular weight is 287 g/mol. The Morgan fingerprint density at radius 3 is 2.93 bits per heavy atom. The Hall–Kier alpha value is -0.860. The quantitative estimate of drug-likeness (QED) is 0.858. The Balaban J connectivity index is 2.70. The van der Waals surface area contributed by atoms with Gasteiger partial charge in [-0.3, -0.25) is 4.79 Å². The second-order valence-electron chi connectivity index (χ2n) is 3.31. The van der Waals surface area contributed by atoms with Crippen molar-refractivity contribution >= 4 is 33.2 Å². The third-order valence-electron chi connectivity index (χ3n) is 1.93. The molecule has 0 fully saturated rings. The number of nitrogens with zero attached hydrogens (tertiary/aromatic N) is 2. The number of hydrogen-bond acceptors (Lipinski definition) is 3. The standard InChI is InChI=1S/C10H11BrN2OS/c1-7(5-12)6-13(2)10(14)9-8(11)3-4-15-9/h3-4,7H,6H2,1-2H3. The largest absolute Gasteiger partial charge is 0.340 e. The fourth-order valence-electron chi connectivity index (χ4n) is 1.15. The summed E-state index contributed by atoms with van der Waals surface area (Å²) in [5.74, 6) is -0.184. The molecule has 3 nitrogen and oxygen atoms in total. The van der Waals surface area contributed by atoms with E-state index in [1.807, 2.05) is 11.4 Å². The number of thiophene rings is 1. The number of rotatable bonds is 3. The first kappa shape index (κ1) is 12.2. The van der Waals surface area contributed by atoms with Crippen LogP contribution in [0.3, 0.4) is 0 Å². The zero-order chi connectivity index (χ0) is 11.4. The summed E-state index contributed by atoms with van der Waals surface area (Å²) >= 11 is 4.72. The predicted octanol–water partition coefficient (Wildman–Crippen LogP) is 2.74. The van der Waals surface area contributed by atoms with Crippen LogP contribution in [0.1, 0.15) is 16.6 Å². The molecule has 15 heavy (non-hydrogen) atoms. The molecule has 0 aromatic carbocycles. The molecule has 1 amide bonds. The molecule has 0 aliphatic heterocycles. The van der Waals surface area contributed by atoms with Crippen LogP contribution in [-0.4, -0.2) is 24.4 Å². The number of carbonyl (C=O) groups excluding carboxylic acids is 1. The second-order valence-corrected chi connectivity index (χ2v) is 5.08. The first-order valence-electron chi connectivity index (χ1n) is 4.44. The van der Waals surface area contributed by atoms with Gasteiger partial charge in [-0.1, -0.05) is 0 Å². The molecule has 80 valence electrons. The summed E-state index contributed by atoms with van der Waals surface area (Å²) in [5, 5.41) is 10.5. The topological polar surface area (TPSA) is 44.1 Å². The van der Waals surface area contributed by atoms with E-state index in [0.717, 1.165) is 4.47 Å². The molecule has 0 aliphatic rings. The molecule has 0 spiro atoms. The molecule has 0 N–H and O–H groups in total. The number of amides is 1. The SMILES string of the molecule is CC(C#N)CN(C)C(=O)c1sccc1Br. The highest BCUT2D eigenvalue weighted by Gasteiger charge is 2.17. The molecule has 0 bridgehead atoms. The maximum atomic E-state index is 11.9. The minimum atomic E-state index is -0.141. The van der Waals surface area contributed by atoms with Crippen LogP contribution >= 0.6 is 27.3 Å². The maximum absolute atomic E-state index is 11.9. The Kier molecular flexibility index (Phi) is 4.30. The van der Waals surface area contributed by atoms with Crippen molar-refractivity contribution in [1.29, 1.82) is 5.26 Å². The van der Waals surface area contributed by atoms with Crippen LogP contribution < -0.4 is 0 Å². The van der Waals surface area contributed by atoms with Crippen molar-refractivity contribution in [2.24, 2.45) is 5.92 Å². The number of nitriles is 1. The molecule has 0 aliphatic carbocycles. The van der Waals surface area contributed by atoms with Crippen molar-refractivity contribution in [2.45, 2.75) is 6.92 Å². The predicted molar refractivity (Wildman–Crippen MR) is 63.8 cm³/mol. The molecule has 0 saturated carbocycles. The Morgan fingerprint density at radius 1 is 1.80 bits per heavy atom. The molecule has 1 aromatic heterocycles. The lowest BCUT2D eigenvalue weighted by molar-refractivity contribution is 0.0789. The van der Waals surface area contributed by atoms with Gasteiger partial charge in [0.15, 0.2) is 0 Å². The summed E-state index contributed by atoms with van der Waals surface area (Å²) in [6.45, 7) is 2.26. The van der Waals surface area contributed by atoms with E-state index < -0.39 is 0 Å². The molecule has 1 rings (SSSR count). The molecule has 1 atom stereocenters. The summed E-state index contributed by atoms with van der Waals surface area (Å²) in [5.41, 5.74) is 0. The van der Waals surface area contributed by atoms with E-state index in [1.54, 1.807) is 18.9 Å². The van der Waals surface area contributed by atoms with Crippen molar-refractivity contribution in [2.75, 3.05) is 13.6 Å². The van der Waals surface area contributed by atoms with E-state index >= 15 is 0 Å². The number of halogens is 1. The minimum absolute atomic E-state index is 0.0426. The molecule has 1 unspecified atom stereocenters. The summed E-state index contributed by atoms with van der Waals surface area (Å²) in [4.78, 5) is 14.1. The van der Waals surface area contributed by atoms with Crippen LogP contribution in [0, 0.1) is 17.2 Å². The lowest BCUT2D eigenvalue weighted by Gasteiger charge is -2.17. The van der Waals surface area contributed by atoms with Gasteiger partial charge >= 0.3 is 0 Å². The lowest BCUT2D eigenvalue weighted by atomic mass is 10.2. The smallest absolute Gasteiger partial charge is 0.264 e. The molecule has 0 radical (unpaired) electrons. The highest BCUT2D eigenvalue weighted by Crippen LogP contribution is 2.23. The Labute approximate surface area is 101 Å². The van der Waals surface area contributed by atoms with E-state index in [0.29, 0.717) is 11.4 Å². The average Bonchev–Trinajstić information content (AvgIpc) is 2.63. The lowest BCUT2D eigenvalue weighted by Crippen LogP contribution is -2.30. The molecule has 1 heterocycles. The fraction of sp³-hybridized carbons (Fsp3) is 0.400. The number of carbonyl (C=O) groups is 1. The van der Waals surface area contributed by atoms with Crippen molar-refractivity contribution < 1.29 is 4.79 Å². The summed E-state index contributed by atoms with van der Waals surface area (Å²) in [6, 6.07) is 3.96. The molecule has 5 heteroatoms. The van der Waals surface area contributed by atoms with Gasteiger partial charge in [0.2, 0.25) is 0 Å². The van der Waals surface area contributed by atoms with E-state index in [1.165, 1.54) is 11.3 Å². The fourth-order valence-corrected chi connectivity index (χ4v) is 2.69. The maximum Gasteiger partial charge on any atom is 0.264 e. The van der Waals surface area contributed by atoms with Gasteiger partial charge in [-0.25, -0.2) is 0 Å². The van der Waals surface area contributed by atoms with Crippen LogP contribution in [0.25, 0.3) is 0 Å².